The van der Waals surface area contributed by atoms with Crippen molar-refractivity contribution < 1.29 is 9.53 Å². The number of nitrogens with zero attached hydrogens (tertiary/aromatic N) is 2. The fraction of sp³-hybridized carbons (Fsp3) is 0.417. The van der Waals surface area contributed by atoms with Gasteiger partial charge in [0, 0.05) is 18.3 Å². The number of hydrogen-bond acceptors (Lipinski definition) is 5. The molecular formula is C12H16N4O2. The standard InChI is InChI=1S/C12H16N4O2/c1-8(9-3-4-9)7-10(17)15-16-12-13-6-5-11(14-12)18-2/h5-7,9H,3-4H2,1-2H3,(H,15,17)(H,13,14,16)/b8-7+. The maximum Gasteiger partial charge on any atom is 0.262 e. The average Bonchev–Trinajstić information content (AvgIpc) is 3.21. The van der Waals surface area contributed by atoms with Crippen LogP contribution in [0.25, 0.3) is 0 Å². The number of nitrogens with one attached hydrogen (secondary N) is 2. The van der Waals surface area contributed by atoms with E-state index in [-0.39, 0.29) is 5.91 Å². The van der Waals surface area contributed by atoms with Crippen LogP contribution in [0.15, 0.2) is 23.9 Å². The molecule has 0 bridgehead atoms. The lowest BCUT2D eigenvalue weighted by molar-refractivity contribution is -0.116. The number of hydrazine groups is 1. The molecule has 0 saturated heterocycles. The summed E-state index contributed by atoms with van der Waals surface area (Å²) < 4.78 is 4.95. The van der Waals surface area contributed by atoms with Gasteiger partial charge in [0.05, 0.1) is 7.11 Å². The Balaban J connectivity index is 1.86. The third-order valence-electron chi connectivity index (χ3n) is 2.72. The third kappa shape index (κ3) is 3.44. The van der Waals surface area contributed by atoms with Crippen molar-refractivity contribution in [3.63, 3.8) is 0 Å². The second-order valence-corrected chi connectivity index (χ2v) is 4.20. The first-order valence-corrected chi connectivity index (χ1v) is 5.80. The molecule has 1 amide bonds. The van der Waals surface area contributed by atoms with E-state index in [1.165, 1.54) is 20.0 Å². The molecule has 1 aromatic rings. The van der Waals surface area contributed by atoms with Crippen LogP contribution < -0.4 is 15.6 Å². The van der Waals surface area contributed by atoms with Crippen molar-refractivity contribution in [2.75, 3.05) is 12.5 Å². The zero-order valence-corrected chi connectivity index (χ0v) is 10.4. The molecule has 1 aliphatic rings. The Kier molecular flexibility index (Phi) is 3.76. The van der Waals surface area contributed by atoms with Gasteiger partial charge in [-0.25, -0.2) is 4.98 Å². The molecule has 1 aliphatic carbocycles. The minimum atomic E-state index is -0.203. The molecule has 1 fully saturated rings. The van der Waals surface area contributed by atoms with Gasteiger partial charge in [-0.3, -0.25) is 15.6 Å². The van der Waals surface area contributed by atoms with Crippen LogP contribution in [0.2, 0.25) is 0 Å². The van der Waals surface area contributed by atoms with Crippen LogP contribution in [0.5, 0.6) is 5.88 Å². The number of hydrogen-bond donors (Lipinski definition) is 2. The van der Waals surface area contributed by atoms with Gasteiger partial charge < -0.3 is 4.74 Å². The molecule has 0 unspecified atom stereocenters. The summed E-state index contributed by atoms with van der Waals surface area (Å²) in [5.41, 5.74) is 6.27. The fourth-order valence-electron chi connectivity index (χ4n) is 1.53. The number of amides is 1. The predicted molar refractivity (Wildman–Crippen MR) is 66.8 cm³/mol. The zero-order chi connectivity index (χ0) is 13.0. The van der Waals surface area contributed by atoms with E-state index < -0.39 is 0 Å². The summed E-state index contributed by atoms with van der Waals surface area (Å²) in [6.07, 6.45) is 5.51. The number of anilines is 1. The van der Waals surface area contributed by atoms with Gasteiger partial charge in [-0.2, -0.15) is 4.98 Å². The van der Waals surface area contributed by atoms with E-state index in [9.17, 15) is 4.79 Å². The molecule has 1 heterocycles. The van der Waals surface area contributed by atoms with Gasteiger partial charge in [0.1, 0.15) is 0 Å². The zero-order valence-electron chi connectivity index (χ0n) is 10.4. The largest absolute Gasteiger partial charge is 0.481 e. The van der Waals surface area contributed by atoms with Gasteiger partial charge in [0.25, 0.3) is 5.91 Å². The van der Waals surface area contributed by atoms with Crippen molar-refractivity contribution >= 4 is 11.9 Å². The Bertz CT molecular complexity index is 469. The Morgan fingerprint density at radius 1 is 1.56 bits per heavy atom. The van der Waals surface area contributed by atoms with Gasteiger partial charge in [-0.15, -0.1) is 0 Å². The van der Waals surface area contributed by atoms with Crippen LogP contribution in [0.1, 0.15) is 19.8 Å². The second kappa shape index (κ2) is 5.48. The predicted octanol–water partition coefficient (Wildman–Crippen LogP) is 1.28. The minimum absolute atomic E-state index is 0.203. The van der Waals surface area contributed by atoms with E-state index in [1.807, 2.05) is 6.92 Å². The molecule has 0 aliphatic heterocycles. The molecule has 1 saturated carbocycles. The molecule has 0 radical (unpaired) electrons. The highest BCUT2D eigenvalue weighted by molar-refractivity contribution is 5.88. The van der Waals surface area contributed by atoms with Gasteiger partial charge in [-0.05, 0) is 25.7 Å². The van der Waals surface area contributed by atoms with Crippen LogP contribution >= 0.6 is 0 Å². The summed E-state index contributed by atoms with van der Waals surface area (Å²) in [5.74, 6) is 1.11. The van der Waals surface area contributed by atoms with E-state index >= 15 is 0 Å². The molecule has 0 aromatic carbocycles. The number of carbonyl (C=O) groups is 1. The summed E-state index contributed by atoms with van der Waals surface area (Å²) in [4.78, 5) is 19.5. The summed E-state index contributed by atoms with van der Waals surface area (Å²) in [6, 6.07) is 1.63. The number of aromatic nitrogens is 2. The summed E-state index contributed by atoms with van der Waals surface area (Å²) in [7, 11) is 1.52. The Labute approximate surface area is 105 Å². The van der Waals surface area contributed by atoms with Gasteiger partial charge >= 0.3 is 0 Å². The monoisotopic (exact) mass is 248 g/mol. The quantitative estimate of drug-likeness (QED) is 0.606. The van der Waals surface area contributed by atoms with Crippen molar-refractivity contribution in [2.45, 2.75) is 19.8 Å². The summed E-state index contributed by atoms with van der Waals surface area (Å²) >= 11 is 0. The minimum Gasteiger partial charge on any atom is -0.481 e. The van der Waals surface area contributed by atoms with Crippen molar-refractivity contribution in [3.05, 3.63) is 23.9 Å². The lowest BCUT2D eigenvalue weighted by Crippen LogP contribution is -2.29. The molecule has 96 valence electrons. The van der Waals surface area contributed by atoms with E-state index in [0.717, 1.165) is 5.57 Å². The number of ether oxygens (including phenoxy) is 1. The summed E-state index contributed by atoms with van der Waals surface area (Å²) in [6.45, 7) is 1.97. The fourth-order valence-corrected chi connectivity index (χ4v) is 1.53. The number of methoxy groups -OCH3 is 1. The van der Waals surface area contributed by atoms with Crippen LogP contribution in [0.4, 0.5) is 5.95 Å². The molecule has 18 heavy (non-hydrogen) atoms. The number of rotatable bonds is 5. The SMILES string of the molecule is COc1ccnc(NNC(=O)/C=C(\C)C2CC2)n1. The highest BCUT2D eigenvalue weighted by Gasteiger charge is 2.23. The molecule has 2 rings (SSSR count). The molecule has 2 N–H and O–H groups in total. The molecular weight excluding hydrogens is 232 g/mol. The number of allylic oxidation sites excluding steroid dienone is 1. The van der Waals surface area contributed by atoms with Crippen molar-refractivity contribution in [3.8, 4) is 5.88 Å². The van der Waals surface area contributed by atoms with Crippen molar-refractivity contribution in [1.82, 2.24) is 15.4 Å². The van der Waals surface area contributed by atoms with Crippen LogP contribution in [-0.4, -0.2) is 23.0 Å². The number of carbonyl (C=O) groups excluding carboxylic acids is 1. The first-order chi connectivity index (χ1) is 8.69. The normalized spacial score (nSPS) is 15.1. The highest BCUT2D eigenvalue weighted by atomic mass is 16.5. The lowest BCUT2D eigenvalue weighted by Gasteiger charge is -2.06. The lowest BCUT2D eigenvalue weighted by atomic mass is 10.2. The van der Waals surface area contributed by atoms with E-state index in [1.54, 1.807) is 18.3 Å². The maximum atomic E-state index is 11.6. The molecule has 1 aromatic heterocycles. The molecule has 6 heteroatoms. The van der Waals surface area contributed by atoms with Gasteiger partial charge in [0.2, 0.25) is 11.8 Å². The smallest absolute Gasteiger partial charge is 0.262 e. The summed E-state index contributed by atoms with van der Waals surface area (Å²) in [5, 5.41) is 0. The Morgan fingerprint density at radius 3 is 3.00 bits per heavy atom. The second-order valence-electron chi connectivity index (χ2n) is 4.20. The van der Waals surface area contributed by atoms with Crippen LogP contribution in [0.3, 0.4) is 0 Å². The first-order valence-electron chi connectivity index (χ1n) is 5.80. The maximum absolute atomic E-state index is 11.6. The highest BCUT2D eigenvalue weighted by Crippen LogP contribution is 2.35. The molecule has 0 spiro atoms. The van der Waals surface area contributed by atoms with Gasteiger partial charge in [0.15, 0.2) is 0 Å². The Morgan fingerprint density at radius 2 is 2.33 bits per heavy atom. The third-order valence-corrected chi connectivity index (χ3v) is 2.72. The van der Waals surface area contributed by atoms with Crippen LogP contribution in [0, 0.1) is 5.92 Å². The van der Waals surface area contributed by atoms with Gasteiger partial charge in [-0.1, -0.05) is 5.57 Å². The first kappa shape index (κ1) is 12.3. The van der Waals surface area contributed by atoms with E-state index in [2.05, 4.69) is 20.8 Å². The molecule has 0 atom stereocenters. The van der Waals surface area contributed by atoms with Crippen molar-refractivity contribution in [1.29, 1.82) is 0 Å². The topological polar surface area (TPSA) is 76.1 Å². The molecule has 6 nitrogen and oxygen atoms in total. The Hall–Kier alpha value is -2.11. The van der Waals surface area contributed by atoms with Crippen molar-refractivity contribution in [2.24, 2.45) is 5.92 Å². The average molecular weight is 248 g/mol. The van der Waals surface area contributed by atoms with E-state index in [4.69, 9.17) is 4.74 Å². The van der Waals surface area contributed by atoms with E-state index in [0.29, 0.717) is 17.7 Å². The van der Waals surface area contributed by atoms with Crippen LogP contribution in [-0.2, 0) is 4.79 Å².